The summed E-state index contributed by atoms with van der Waals surface area (Å²) in [7, 11) is 6.68. The Labute approximate surface area is 175 Å². The van der Waals surface area contributed by atoms with Crippen LogP contribution in [0, 0.1) is 5.92 Å². The van der Waals surface area contributed by atoms with Crippen LogP contribution in [0.2, 0.25) is 0 Å². The number of fused-ring (bicyclic) bond motifs is 1. The van der Waals surface area contributed by atoms with Crippen molar-refractivity contribution in [2.75, 3.05) is 39.3 Å². The number of hydrogen-bond donors (Lipinski definition) is 1. The molecule has 160 valence electrons. The largest absolute Gasteiger partial charge is 0.493 e. The maximum atomic E-state index is 10.8. The van der Waals surface area contributed by atoms with Crippen molar-refractivity contribution in [2.45, 2.75) is 18.9 Å². The van der Waals surface area contributed by atoms with Crippen molar-refractivity contribution in [1.82, 2.24) is 19.7 Å². The van der Waals surface area contributed by atoms with Crippen molar-refractivity contribution >= 4 is 16.6 Å². The second-order valence-corrected chi connectivity index (χ2v) is 7.44. The van der Waals surface area contributed by atoms with Crippen molar-refractivity contribution in [3.05, 3.63) is 30.5 Å². The highest BCUT2D eigenvalue weighted by molar-refractivity contribution is 5.99. The SMILES string of the molecule is COc1cc2c(N3CCC(C(O)c4nccn4C)CC3)nncc2c(OC)c1OC. The molecule has 4 rings (SSSR count). The first kappa shape index (κ1) is 20.2. The molecule has 30 heavy (non-hydrogen) atoms. The Balaban J connectivity index is 1.62. The second kappa shape index (κ2) is 8.35. The van der Waals surface area contributed by atoms with Crippen LogP contribution >= 0.6 is 0 Å². The number of piperidine rings is 1. The highest BCUT2D eigenvalue weighted by Crippen LogP contribution is 2.45. The van der Waals surface area contributed by atoms with E-state index >= 15 is 0 Å². The minimum absolute atomic E-state index is 0.148. The molecule has 0 bridgehead atoms. The number of aliphatic hydroxyl groups excluding tert-OH is 1. The fourth-order valence-electron chi connectivity index (χ4n) is 4.22. The van der Waals surface area contributed by atoms with Crippen LogP contribution in [0.5, 0.6) is 17.2 Å². The van der Waals surface area contributed by atoms with E-state index in [4.69, 9.17) is 14.2 Å². The van der Waals surface area contributed by atoms with E-state index in [0.29, 0.717) is 23.1 Å². The Bertz CT molecular complexity index is 1030. The lowest BCUT2D eigenvalue weighted by Gasteiger charge is -2.35. The molecule has 9 heteroatoms. The lowest BCUT2D eigenvalue weighted by atomic mass is 9.90. The van der Waals surface area contributed by atoms with Gasteiger partial charge in [-0.1, -0.05) is 0 Å². The number of benzene rings is 1. The molecule has 1 aliphatic heterocycles. The quantitative estimate of drug-likeness (QED) is 0.658. The van der Waals surface area contributed by atoms with Gasteiger partial charge in [0.2, 0.25) is 5.75 Å². The molecule has 3 heterocycles. The number of ether oxygens (including phenoxy) is 3. The van der Waals surface area contributed by atoms with Gasteiger partial charge in [0.15, 0.2) is 17.3 Å². The fraction of sp³-hybridized carbons (Fsp3) is 0.476. The van der Waals surface area contributed by atoms with E-state index in [2.05, 4.69) is 20.1 Å². The third-order valence-corrected chi connectivity index (χ3v) is 5.86. The van der Waals surface area contributed by atoms with Gasteiger partial charge in [0.1, 0.15) is 11.9 Å². The molecular weight excluding hydrogens is 386 g/mol. The van der Waals surface area contributed by atoms with Gasteiger partial charge in [0.25, 0.3) is 0 Å². The number of aromatic nitrogens is 4. The van der Waals surface area contributed by atoms with Crippen LogP contribution < -0.4 is 19.1 Å². The molecule has 0 saturated carbocycles. The van der Waals surface area contributed by atoms with Crippen LogP contribution in [0.15, 0.2) is 24.7 Å². The summed E-state index contributed by atoms with van der Waals surface area (Å²) in [6.07, 6.45) is 6.34. The number of rotatable bonds is 6. The number of methoxy groups -OCH3 is 3. The summed E-state index contributed by atoms with van der Waals surface area (Å²) in [6.45, 7) is 1.52. The minimum Gasteiger partial charge on any atom is -0.493 e. The van der Waals surface area contributed by atoms with Crippen molar-refractivity contribution in [1.29, 1.82) is 0 Å². The lowest BCUT2D eigenvalue weighted by molar-refractivity contribution is 0.0824. The highest BCUT2D eigenvalue weighted by atomic mass is 16.5. The van der Waals surface area contributed by atoms with Crippen LogP contribution in [-0.4, -0.2) is 59.3 Å². The molecule has 1 aliphatic rings. The number of hydrogen-bond acceptors (Lipinski definition) is 8. The number of imidazole rings is 1. The molecule has 1 atom stereocenters. The molecule has 1 unspecified atom stereocenters. The Kier molecular flexibility index (Phi) is 5.63. The molecule has 0 amide bonds. The molecule has 9 nitrogen and oxygen atoms in total. The van der Waals surface area contributed by atoms with E-state index in [0.717, 1.165) is 42.5 Å². The van der Waals surface area contributed by atoms with E-state index < -0.39 is 6.10 Å². The van der Waals surface area contributed by atoms with Crippen LogP contribution in [-0.2, 0) is 7.05 Å². The summed E-state index contributed by atoms with van der Waals surface area (Å²) in [6, 6.07) is 1.91. The average Bonchev–Trinajstić information content (AvgIpc) is 3.22. The third-order valence-electron chi connectivity index (χ3n) is 5.86. The van der Waals surface area contributed by atoms with Crippen molar-refractivity contribution in [3.8, 4) is 17.2 Å². The Morgan fingerprint density at radius 3 is 2.40 bits per heavy atom. The highest BCUT2D eigenvalue weighted by Gasteiger charge is 2.30. The predicted molar refractivity (Wildman–Crippen MR) is 112 cm³/mol. The number of anilines is 1. The lowest BCUT2D eigenvalue weighted by Crippen LogP contribution is -2.36. The van der Waals surface area contributed by atoms with E-state index in [1.54, 1.807) is 33.7 Å². The van der Waals surface area contributed by atoms with Gasteiger partial charge in [0.05, 0.1) is 32.9 Å². The Morgan fingerprint density at radius 2 is 1.80 bits per heavy atom. The average molecular weight is 413 g/mol. The molecule has 1 fully saturated rings. The summed E-state index contributed by atoms with van der Waals surface area (Å²) in [5, 5.41) is 21.1. The van der Waals surface area contributed by atoms with Gasteiger partial charge in [-0.05, 0) is 24.8 Å². The first-order valence-electron chi connectivity index (χ1n) is 9.93. The second-order valence-electron chi connectivity index (χ2n) is 7.44. The fourth-order valence-corrected chi connectivity index (χ4v) is 4.22. The van der Waals surface area contributed by atoms with Crippen molar-refractivity contribution in [3.63, 3.8) is 0 Å². The predicted octanol–water partition coefficient (Wildman–Crippen LogP) is 2.34. The molecule has 3 aromatic rings. The summed E-state index contributed by atoms with van der Waals surface area (Å²) >= 11 is 0. The van der Waals surface area contributed by atoms with Gasteiger partial charge in [0, 0.05) is 37.9 Å². The number of aliphatic hydroxyl groups is 1. The molecule has 1 N–H and O–H groups in total. The Morgan fingerprint density at radius 1 is 1.07 bits per heavy atom. The van der Waals surface area contributed by atoms with E-state index in [1.165, 1.54) is 0 Å². The van der Waals surface area contributed by atoms with Crippen molar-refractivity contribution < 1.29 is 19.3 Å². The molecular formula is C21H27N5O4. The molecule has 0 aliphatic carbocycles. The number of nitrogens with zero attached hydrogens (tertiary/aromatic N) is 5. The molecule has 0 spiro atoms. The molecule has 2 aromatic heterocycles. The Hall–Kier alpha value is -3.07. The van der Waals surface area contributed by atoms with Gasteiger partial charge >= 0.3 is 0 Å². The first-order valence-corrected chi connectivity index (χ1v) is 9.93. The molecule has 1 aromatic carbocycles. The topological polar surface area (TPSA) is 94.8 Å². The molecule has 0 radical (unpaired) electrons. The van der Waals surface area contributed by atoms with Crippen LogP contribution in [0.4, 0.5) is 5.82 Å². The normalized spacial score (nSPS) is 16.0. The van der Waals surface area contributed by atoms with Gasteiger partial charge in [-0.2, -0.15) is 5.10 Å². The number of aryl methyl sites for hydroxylation is 1. The summed E-state index contributed by atoms with van der Waals surface area (Å²) in [5.74, 6) is 3.31. The maximum Gasteiger partial charge on any atom is 0.204 e. The minimum atomic E-state index is -0.574. The third kappa shape index (κ3) is 3.39. The van der Waals surface area contributed by atoms with Gasteiger partial charge in [-0.3, -0.25) is 0 Å². The van der Waals surface area contributed by atoms with Crippen molar-refractivity contribution in [2.24, 2.45) is 13.0 Å². The summed E-state index contributed by atoms with van der Waals surface area (Å²) in [5.41, 5.74) is 0. The van der Waals surface area contributed by atoms with E-state index in [-0.39, 0.29) is 5.92 Å². The standard InChI is InChI=1S/C21H27N5O4/c1-25-10-7-22-21(25)17(27)13-5-8-26(9-6-13)20-14-11-16(28-2)19(30-4)18(29-3)15(14)12-23-24-20/h7,10-13,17,27H,5-6,8-9H2,1-4H3. The zero-order chi connectivity index (χ0) is 21.3. The van der Waals surface area contributed by atoms with Gasteiger partial charge < -0.3 is 28.8 Å². The van der Waals surface area contributed by atoms with Crippen LogP contribution in [0.3, 0.4) is 0 Å². The smallest absolute Gasteiger partial charge is 0.204 e. The summed E-state index contributed by atoms with van der Waals surface area (Å²) < 4.78 is 18.5. The van der Waals surface area contributed by atoms with E-state index in [9.17, 15) is 5.11 Å². The molecule has 1 saturated heterocycles. The van der Waals surface area contributed by atoms with Gasteiger partial charge in [-0.25, -0.2) is 4.98 Å². The maximum absolute atomic E-state index is 10.8. The van der Waals surface area contributed by atoms with Crippen LogP contribution in [0.25, 0.3) is 10.8 Å². The van der Waals surface area contributed by atoms with Gasteiger partial charge in [-0.15, -0.1) is 5.10 Å². The van der Waals surface area contributed by atoms with E-state index in [1.807, 2.05) is 23.9 Å². The first-order chi connectivity index (χ1) is 14.6. The zero-order valence-electron chi connectivity index (χ0n) is 17.7. The zero-order valence-corrected chi connectivity index (χ0v) is 17.7. The van der Waals surface area contributed by atoms with Crippen LogP contribution in [0.1, 0.15) is 24.8 Å². The monoisotopic (exact) mass is 413 g/mol. The summed E-state index contributed by atoms with van der Waals surface area (Å²) in [4.78, 5) is 6.50.